The number of aromatic nitrogens is 1. The number of thiazole rings is 1. The lowest BCUT2D eigenvalue weighted by Crippen LogP contribution is -2.24. The molecule has 0 saturated heterocycles. The molecule has 0 spiro atoms. The van der Waals surface area contributed by atoms with E-state index in [1.165, 1.54) is 24.1 Å². The second-order valence-corrected chi connectivity index (χ2v) is 6.02. The Bertz CT molecular complexity index is 562. The highest BCUT2D eigenvalue weighted by atomic mass is 32.1. The van der Waals surface area contributed by atoms with E-state index in [1.54, 1.807) is 11.3 Å². The number of nitrogens with two attached hydrogens (primary N) is 1. The van der Waals surface area contributed by atoms with Crippen molar-refractivity contribution in [3.8, 4) is 0 Å². The normalized spacial score (nSPS) is 16.2. The number of hydrogen-bond acceptors (Lipinski definition) is 4. The van der Waals surface area contributed by atoms with Crippen LogP contribution in [0.4, 0.5) is 10.8 Å². The smallest absolute Gasteiger partial charge is 0.190 e. The maximum absolute atomic E-state index is 5.84. The molecule has 1 atom stereocenters. The molecule has 0 saturated carbocycles. The fourth-order valence-electron chi connectivity index (χ4n) is 2.58. The van der Waals surface area contributed by atoms with Crippen LogP contribution in [0.1, 0.15) is 24.6 Å². The van der Waals surface area contributed by atoms with Gasteiger partial charge in [-0.2, -0.15) is 0 Å². The van der Waals surface area contributed by atoms with Crippen molar-refractivity contribution in [2.45, 2.75) is 32.2 Å². The third kappa shape index (κ3) is 2.65. The first-order valence-corrected chi connectivity index (χ1v) is 7.67. The summed E-state index contributed by atoms with van der Waals surface area (Å²) in [5.74, 6) is 0. The van der Waals surface area contributed by atoms with Crippen molar-refractivity contribution < 1.29 is 0 Å². The van der Waals surface area contributed by atoms with Gasteiger partial charge in [0.05, 0.1) is 5.69 Å². The lowest BCUT2D eigenvalue weighted by Gasteiger charge is -2.28. The van der Waals surface area contributed by atoms with E-state index >= 15 is 0 Å². The Hall–Kier alpha value is -1.39. The van der Waals surface area contributed by atoms with Gasteiger partial charge >= 0.3 is 0 Å². The van der Waals surface area contributed by atoms with Crippen molar-refractivity contribution >= 4 is 22.2 Å². The zero-order valence-electron chi connectivity index (χ0n) is 11.2. The molecule has 1 aliphatic rings. The maximum atomic E-state index is 5.84. The number of aryl methyl sites for hydroxylation is 1. The van der Waals surface area contributed by atoms with Gasteiger partial charge in [0.25, 0.3) is 0 Å². The molecule has 0 radical (unpaired) electrons. The molecule has 1 aliphatic heterocycles. The van der Waals surface area contributed by atoms with Crippen LogP contribution in [0.3, 0.4) is 0 Å². The summed E-state index contributed by atoms with van der Waals surface area (Å²) in [4.78, 5) is 7.08. The molecule has 3 nitrogen and oxygen atoms in total. The number of fused-ring (bicyclic) bond motifs is 1. The standard InChI is InChI=1S/C15H19N3S/c1-11(16)9-13-10-19-15(17-13)18-8-4-6-12-5-2-3-7-14(12)18/h2-3,5,7,10-11H,4,6,8-9,16H2,1H3. The van der Waals surface area contributed by atoms with Crippen molar-refractivity contribution in [1.29, 1.82) is 0 Å². The van der Waals surface area contributed by atoms with E-state index in [1.807, 2.05) is 6.92 Å². The number of benzene rings is 1. The first-order chi connectivity index (χ1) is 9.24. The molecule has 0 aliphatic carbocycles. The molecule has 4 heteroatoms. The van der Waals surface area contributed by atoms with Crippen LogP contribution in [-0.4, -0.2) is 17.6 Å². The van der Waals surface area contributed by atoms with E-state index in [-0.39, 0.29) is 6.04 Å². The van der Waals surface area contributed by atoms with Gasteiger partial charge in [0.1, 0.15) is 0 Å². The maximum Gasteiger partial charge on any atom is 0.190 e. The van der Waals surface area contributed by atoms with Crippen molar-refractivity contribution in [1.82, 2.24) is 4.98 Å². The Morgan fingerprint density at radius 3 is 3.11 bits per heavy atom. The van der Waals surface area contributed by atoms with Crippen molar-refractivity contribution in [2.75, 3.05) is 11.4 Å². The van der Waals surface area contributed by atoms with E-state index < -0.39 is 0 Å². The Morgan fingerprint density at radius 1 is 1.42 bits per heavy atom. The molecule has 1 unspecified atom stereocenters. The molecule has 19 heavy (non-hydrogen) atoms. The lowest BCUT2D eigenvalue weighted by atomic mass is 10.0. The summed E-state index contributed by atoms with van der Waals surface area (Å²) in [7, 11) is 0. The van der Waals surface area contributed by atoms with E-state index in [9.17, 15) is 0 Å². The van der Waals surface area contributed by atoms with Gasteiger partial charge in [0, 0.05) is 30.1 Å². The molecule has 0 fully saturated rings. The van der Waals surface area contributed by atoms with Crippen molar-refractivity contribution in [2.24, 2.45) is 5.73 Å². The average molecular weight is 273 g/mol. The molecular weight excluding hydrogens is 254 g/mol. The van der Waals surface area contributed by atoms with Gasteiger partial charge in [-0.1, -0.05) is 18.2 Å². The quantitative estimate of drug-likeness (QED) is 0.934. The Labute approximate surface area is 118 Å². The summed E-state index contributed by atoms with van der Waals surface area (Å²) in [6, 6.07) is 8.81. The van der Waals surface area contributed by atoms with Crippen molar-refractivity contribution in [3.63, 3.8) is 0 Å². The minimum Gasteiger partial charge on any atom is -0.328 e. The first-order valence-electron chi connectivity index (χ1n) is 6.79. The third-order valence-corrected chi connectivity index (χ3v) is 4.32. The van der Waals surface area contributed by atoms with E-state index in [0.717, 1.165) is 23.8 Å². The number of para-hydroxylation sites is 1. The Balaban J connectivity index is 1.89. The minimum absolute atomic E-state index is 0.170. The van der Waals surface area contributed by atoms with E-state index in [0.29, 0.717) is 0 Å². The summed E-state index contributed by atoms with van der Waals surface area (Å²) in [6.45, 7) is 3.08. The largest absolute Gasteiger partial charge is 0.328 e. The predicted molar refractivity (Wildman–Crippen MR) is 81.2 cm³/mol. The SMILES string of the molecule is CC(N)Cc1csc(N2CCCc3ccccc32)n1. The lowest BCUT2D eigenvalue weighted by molar-refractivity contribution is 0.721. The van der Waals surface area contributed by atoms with Crippen LogP contribution in [0.5, 0.6) is 0 Å². The van der Waals surface area contributed by atoms with E-state index in [4.69, 9.17) is 10.7 Å². The summed E-state index contributed by atoms with van der Waals surface area (Å²) < 4.78 is 0. The van der Waals surface area contributed by atoms with Gasteiger partial charge < -0.3 is 10.6 Å². The average Bonchev–Trinajstić information content (AvgIpc) is 2.85. The van der Waals surface area contributed by atoms with Crippen LogP contribution in [-0.2, 0) is 12.8 Å². The zero-order valence-corrected chi connectivity index (χ0v) is 12.0. The monoisotopic (exact) mass is 273 g/mol. The van der Waals surface area contributed by atoms with Gasteiger partial charge in [0.2, 0.25) is 0 Å². The van der Waals surface area contributed by atoms with Crippen LogP contribution in [0.15, 0.2) is 29.6 Å². The molecule has 2 N–H and O–H groups in total. The predicted octanol–water partition coefficient (Wildman–Crippen LogP) is 3.12. The molecule has 0 amide bonds. The molecule has 3 rings (SSSR count). The summed E-state index contributed by atoms with van der Waals surface area (Å²) in [6.07, 6.45) is 3.22. The van der Waals surface area contributed by atoms with Gasteiger partial charge in [-0.15, -0.1) is 11.3 Å². The van der Waals surface area contributed by atoms with Crippen LogP contribution in [0, 0.1) is 0 Å². The van der Waals surface area contributed by atoms with Gasteiger partial charge in [-0.3, -0.25) is 0 Å². The topological polar surface area (TPSA) is 42.1 Å². The molecule has 100 valence electrons. The zero-order chi connectivity index (χ0) is 13.2. The second-order valence-electron chi connectivity index (χ2n) is 5.19. The van der Waals surface area contributed by atoms with Crippen molar-refractivity contribution in [3.05, 3.63) is 40.9 Å². The third-order valence-electron chi connectivity index (χ3n) is 3.41. The molecule has 0 bridgehead atoms. The number of hydrogen-bond donors (Lipinski definition) is 1. The minimum atomic E-state index is 0.170. The fourth-order valence-corrected chi connectivity index (χ4v) is 3.45. The number of anilines is 2. The van der Waals surface area contributed by atoms with Crippen LogP contribution < -0.4 is 10.6 Å². The molecule has 2 heterocycles. The Kier molecular flexibility index (Phi) is 3.53. The van der Waals surface area contributed by atoms with Gasteiger partial charge in [-0.25, -0.2) is 4.98 Å². The summed E-state index contributed by atoms with van der Waals surface area (Å²) in [5.41, 5.74) is 9.69. The highest BCUT2D eigenvalue weighted by Crippen LogP contribution is 2.34. The van der Waals surface area contributed by atoms with E-state index in [2.05, 4.69) is 34.5 Å². The summed E-state index contributed by atoms with van der Waals surface area (Å²) >= 11 is 1.72. The summed E-state index contributed by atoms with van der Waals surface area (Å²) in [5, 5.41) is 3.23. The second kappa shape index (κ2) is 5.31. The molecular formula is C15H19N3S. The first kappa shape index (κ1) is 12.6. The van der Waals surface area contributed by atoms with Crippen LogP contribution >= 0.6 is 11.3 Å². The number of rotatable bonds is 3. The van der Waals surface area contributed by atoms with Gasteiger partial charge in [0.15, 0.2) is 5.13 Å². The molecule has 1 aromatic carbocycles. The Morgan fingerprint density at radius 2 is 2.26 bits per heavy atom. The number of nitrogens with zero attached hydrogens (tertiary/aromatic N) is 2. The highest BCUT2D eigenvalue weighted by Gasteiger charge is 2.20. The van der Waals surface area contributed by atoms with Crippen LogP contribution in [0.25, 0.3) is 0 Å². The molecule has 1 aromatic heterocycles. The van der Waals surface area contributed by atoms with Gasteiger partial charge in [-0.05, 0) is 31.4 Å². The molecule has 2 aromatic rings. The van der Waals surface area contributed by atoms with Crippen LogP contribution in [0.2, 0.25) is 0 Å². The highest BCUT2D eigenvalue weighted by molar-refractivity contribution is 7.13. The fraction of sp³-hybridized carbons (Fsp3) is 0.400.